The SMILES string of the molecule is CCN1CCCC1CN(C)c1c(N)ccc(F)c1F. The van der Waals surface area contributed by atoms with Crippen LogP contribution >= 0.6 is 0 Å². The molecule has 2 rings (SSSR count). The minimum atomic E-state index is -0.858. The maximum atomic E-state index is 13.9. The Hall–Kier alpha value is -1.36. The second-order valence-electron chi connectivity index (χ2n) is 5.10. The van der Waals surface area contributed by atoms with Crippen LogP contribution in [0.5, 0.6) is 0 Å². The van der Waals surface area contributed by atoms with E-state index in [4.69, 9.17) is 5.73 Å². The van der Waals surface area contributed by atoms with Crippen molar-refractivity contribution >= 4 is 11.4 Å². The second-order valence-corrected chi connectivity index (χ2v) is 5.10. The molecule has 1 aromatic rings. The van der Waals surface area contributed by atoms with E-state index in [-0.39, 0.29) is 11.4 Å². The molecule has 0 saturated carbocycles. The molecule has 19 heavy (non-hydrogen) atoms. The van der Waals surface area contributed by atoms with E-state index in [9.17, 15) is 8.78 Å². The maximum absolute atomic E-state index is 13.9. The van der Waals surface area contributed by atoms with Crippen LogP contribution in [0.4, 0.5) is 20.2 Å². The van der Waals surface area contributed by atoms with E-state index in [1.165, 1.54) is 6.07 Å². The van der Waals surface area contributed by atoms with Crippen molar-refractivity contribution in [2.75, 3.05) is 37.3 Å². The smallest absolute Gasteiger partial charge is 0.184 e. The molecule has 1 saturated heterocycles. The van der Waals surface area contributed by atoms with Crippen molar-refractivity contribution in [2.24, 2.45) is 0 Å². The van der Waals surface area contributed by atoms with Crippen molar-refractivity contribution in [1.82, 2.24) is 4.90 Å². The summed E-state index contributed by atoms with van der Waals surface area (Å²) in [7, 11) is 1.76. The van der Waals surface area contributed by atoms with Crippen molar-refractivity contribution in [2.45, 2.75) is 25.8 Å². The van der Waals surface area contributed by atoms with Gasteiger partial charge in [0.15, 0.2) is 11.6 Å². The number of nitrogens with two attached hydrogens (primary N) is 1. The number of rotatable bonds is 4. The van der Waals surface area contributed by atoms with Crippen molar-refractivity contribution in [3.63, 3.8) is 0 Å². The largest absolute Gasteiger partial charge is 0.397 e. The third-order valence-corrected chi connectivity index (χ3v) is 3.87. The number of hydrogen-bond acceptors (Lipinski definition) is 3. The Bertz CT molecular complexity index is 451. The van der Waals surface area contributed by atoms with Crippen molar-refractivity contribution < 1.29 is 8.78 Å². The normalized spacial score (nSPS) is 19.9. The molecule has 1 aromatic carbocycles. The summed E-state index contributed by atoms with van der Waals surface area (Å²) in [6, 6.07) is 2.86. The maximum Gasteiger partial charge on any atom is 0.184 e. The molecule has 5 heteroatoms. The van der Waals surface area contributed by atoms with E-state index in [1.54, 1.807) is 11.9 Å². The highest BCUT2D eigenvalue weighted by Gasteiger charge is 2.26. The van der Waals surface area contributed by atoms with Gasteiger partial charge in [0.05, 0.1) is 11.4 Å². The average molecular weight is 269 g/mol. The lowest BCUT2D eigenvalue weighted by Gasteiger charge is -2.29. The summed E-state index contributed by atoms with van der Waals surface area (Å²) in [6.07, 6.45) is 2.25. The van der Waals surface area contributed by atoms with Crippen molar-refractivity contribution in [3.05, 3.63) is 23.8 Å². The molecule has 0 aliphatic carbocycles. The Labute approximate surface area is 113 Å². The third-order valence-electron chi connectivity index (χ3n) is 3.87. The van der Waals surface area contributed by atoms with Gasteiger partial charge in [0.2, 0.25) is 0 Å². The Balaban J connectivity index is 2.16. The first-order valence-corrected chi connectivity index (χ1v) is 6.73. The van der Waals surface area contributed by atoms with Crippen LogP contribution in [0, 0.1) is 11.6 Å². The van der Waals surface area contributed by atoms with Crippen LogP contribution in [0.15, 0.2) is 12.1 Å². The zero-order valence-electron chi connectivity index (χ0n) is 11.5. The predicted octanol–water partition coefficient (Wildman–Crippen LogP) is 2.47. The molecule has 1 aliphatic heterocycles. The molecule has 0 aromatic heterocycles. The fourth-order valence-electron chi connectivity index (χ4n) is 2.87. The monoisotopic (exact) mass is 269 g/mol. The first kappa shape index (κ1) is 14.1. The summed E-state index contributed by atoms with van der Waals surface area (Å²) >= 11 is 0. The summed E-state index contributed by atoms with van der Waals surface area (Å²) in [5, 5.41) is 0. The Morgan fingerprint density at radius 1 is 1.42 bits per heavy atom. The Kier molecular flexibility index (Phi) is 4.24. The van der Waals surface area contributed by atoms with Crippen LogP contribution in [0.2, 0.25) is 0 Å². The lowest BCUT2D eigenvalue weighted by atomic mass is 10.1. The quantitative estimate of drug-likeness (QED) is 0.852. The van der Waals surface area contributed by atoms with E-state index in [1.807, 2.05) is 0 Å². The van der Waals surface area contributed by atoms with Gasteiger partial charge >= 0.3 is 0 Å². The molecule has 1 atom stereocenters. The highest BCUT2D eigenvalue weighted by molar-refractivity contribution is 5.68. The first-order valence-electron chi connectivity index (χ1n) is 6.73. The van der Waals surface area contributed by atoms with Gasteiger partial charge in [0.25, 0.3) is 0 Å². The summed E-state index contributed by atoms with van der Waals surface area (Å²) < 4.78 is 27.2. The van der Waals surface area contributed by atoms with Crippen LogP contribution < -0.4 is 10.6 Å². The number of hydrogen-bond donors (Lipinski definition) is 1. The number of nitrogen functional groups attached to an aromatic ring is 1. The lowest BCUT2D eigenvalue weighted by Crippen LogP contribution is -2.39. The van der Waals surface area contributed by atoms with Crippen LogP contribution in [0.1, 0.15) is 19.8 Å². The molecule has 1 unspecified atom stereocenters. The summed E-state index contributed by atoms with van der Waals surface area (Å²) in [4.78, 5) is 4.09. The van der Waals surface area contributed by atoms with Crippen molar-refractivity contribution in [3.8, 4) is 0 Å². The molecular formula is C14H21F2N3. The molecule has 0 amide bonds. The van der Waals surface area contributed by atoms with Gasteiger partial charge in [-0.2, -0.15) is 0 Å². The number of benzene rings is 1. The van der Waals surface area contributed by atoms with E-state index < -0.39 is 11.6 Å². The van der Waals surface area contributed by atoms with E-state index in [0.29, 0.717) is 12.6 Å². The minimum absolute atomic E-state index is 0.169. The summed E-state index contributed by atoms with van der Waals surface area (Å²) in [5.41, 5.74) is 6.22. The number of likely N-dealkylation sites (tertiary alicyclic amines) is 1. The molecular weight excluding hydrogens is 248 g/mol. The van der Waals surface area contributed by atoms with Crippen LogP contribution in [-0.4, -0.2) is 37.6 Å². The van der Waals surface area contributed by atoms with Gasteiger partial charge in [-0.05, 0) is 38.1 Å². The van der Waals surface area contributed by atoms with Crippen molar-refractivity contribution in [1.29, 1.82) is 0 Å². The molecule has 2 N–H and O–H groups in total. The van der Waals surface area contributed by atoms with Crippen LogP contribution in [0.3, 0.4) is 0 Å². The minimum Gasteiger partial charge on any atom is -0.397 e. The molecule has 0 bridgehead atoms. The fraction of sp³-hybridized carbons (Fsp3) is 0.571. The lowest BCUT2D eigenvalue weighted by molar-refractivity contribution is 0.270. The predicted molar refractivity (Wildman–Crippen MR) is 74.3 cm³/mol. The Morgan fingerprint density at radius 2 is 2.16 bits per heavy atom. The number of nitrogens with zero attached hydrogens (tertiary/aromatic N) is 2. The van der Waals surface area contributed by atoms with E-state index >= 15 is 0 Å². The average Bonchev–Trinajstić information content (AvgIpc) is 2.81. The standard InChI is InChI=1S/C14H21F2N3/c1-3-19-8-4-5-10(19)9-18(2)14-12(17)7-6-11(15)13(14)16/h6-7,10H,3-5,8-9,17H2,1-2H3. The van der Waals surface area contributed by atoms with Crippen LogP contribution in [0.25, 0.3) is 0 Å². The zero-order valence-corrected chi connectivity index (χ0v) is 11.5. The molecule has 3 nitrogen and oxygen atoms in total. The topological polar surface area (TPSA) is 32.5 Å². The fourth-order valence-corrected chi connectivity index (χ4v) is 2.87. The van der Waals surface area contributed by atoms with Gasteiger partial charge in [-0.15, -0.1) is 0 Å². The number of anilines is 2. The molecule has 0 spiro atoms. The first-order chi connectivity index (χ1) is 9.04. The van der Waals surface area contributed by atoms with Gasteiger partial charge < -0.3 is 10.6 Å². The zero-order chi connectivity index (χ0) is 14.0. The van der Waals surface area contributed by atoms with Gasteiger partial charge in [-0.3, -0.25) is 4.90 Å². The molecule has 1 heterocycles. The van der Waals surface area contributed by atoms with Gasteiger partial charge in [0, 0.05) is 19.6 Å². The van der Waals surface area contributed by atoms with Gasteiger partial charge in [-0.1, -0.05) is 6.92 Å². The molecule has 106 valence electrons. The van der Waals surface area contributed by atoms with E-state index in [2.05, 4.69) is 11.8 Å². The van der Waals surface area contributed by atoms with Crippen LogP contribution in [-0.2, 0) is 0 Å². The highest BCUT2D eigenvalue weighted by atomic mass is 19.2. The molecule has 1 aliphatic rings. The third kappa shape index (κ3) is 2.81. The second kappa shape index (κ2) is 5.74. The number of likely N-dealkylation sites (N-methyl/N-ethyl adjacent to an activating group) is 2. The molecule has 1 fully saturated rings. The van der Waals surface area contributed by atoms with E-state index in [0.717, 1.165) is 32.0 Å². The van der Waals surface area contributed by atoms with Gasteiger partial charge in [0.1, 0.15) is 0 Å². The summed E-state index contributed by atoms with van der Waals surface area (Å²) in [6.45, 7) is 4.85. The molecule has 0 radical (unpaired) electrons. The highest BCUT2D eigenvalue weighted by Crippen LogP contribution is 2.29. The number of halogens is 2. The van der Waals surface area contributed by atoms with Gasteiger partial charge in [-0.25, -0.2) is 8.78 Å². The summed E-state index contributed by atoms with van der Waals surface area (Å²) in [5.74, 6) is -1.71. The Morgan fingerprint density at radius 3 is 2.84 bits per heavy atom.